The van der Waals surface area contributed by atoms with Crippen molar-refractivity contribution >= 4 is 5.76 Å². The number of benzene rings is 1. The van der Waals surface area contributed by atoms with Gasteiger partial charge in [0.2, 0.25) is 5.76 Å². The highest BCUT2D eigenvalue weighted by molar-refractivity contribution is 5.58. The molecule has 0 fully saturated rings. The van der Waals surface area contributed by atoms with Crippen LogP contribution < -0.4 is 0 Å². The van der Waals surface area contributed by atoms with Crippen LogP contribution in [0.15, 0.2) is 48.0 Å². The summed E-state index contributed by atoms with van der Waals surface area (Å²) in [4.78, 5) is 14.2. The molecule has 0 spiro atoms. The van der Waals surface area contributed by atoms with Gasteiger partial charge in [0.05, 0.1) is 0 Å². The van der Waals surface area contributed by atoms with E-state index in [0.29, 0.717) is 0 Å². The van der Waals surface area contributed by atoms with E-state index in [0.717, 1.165) is 5.56 Å². The van der Waals surface area contributed by atoms with Crippen molar-refractivity contribution in [2.24, 2.45) is 5.34 Å². The smallest absolute Gasteiger partial charge is 0.210 e. The second-order valence-corrected chi connectivity index (χ2v) is 2.04. The predicted molar refractivity (Wildman–Crippen MR) is 45.9 cm³/mol. The van der Waals surface area contributed by atoms with Crippen LogP contribution in [0.5, 0.6) is 0 Å². The van der Waals surface area contributed by atoms with E-state index in [-0.39, 0.29) is 5.76 Å². The molecule has 0 radical (unpaired) electrons. The fourth-order valence-electron chi connectivity index (χ4n) is 0.814. The van der Waals surface area contributed by atoms with E-state index in [4.69, 9.17) is 0 Å². The lowest BCUT2D eigenvalue weighted by Crippen LogP contribution is -1.82. The van der Waals surface area contributed by atoms with Crippen molar-refractivity contribution < 1.29 is 4.84 Å². The predicted octanol–water partition coefficient (Wildman–Crippen LogP) is 2.51. The molecule has 0 amide bonds. The van der Waals surface area contributed by atoms with Crippen molar-refractivity contribution in [3.05, 3.63) is 53.1 Å². The molecule has 1 aromatic carbocycles. The molecule has 3 nitrogen and oxygen atoms in total. The van der Waals surface area contributed by atoms with Gasteiger partial charge >= 0.3 is 0 Å². The van der Waals surface area contributed by atoms with E-state index in [1.54, 1.807) is 12.1 Å². The fourth-order valence-corrected chi connectivity index (χ4v) is 0.814. The standard InChI is InChI=1S/C9H7NO2/c1-2-9(12-10-11)8-6-4-3-5-7-8/h3-7H,1H2. The van der Waals surface area contributed by atoms with Crippen molar-refractivity contribution in [3.8, 4) is 0 Å². The lowest BCUT2D eigenvalue weighted by atomic mass is 10.2. The van der Waals surface area contributed by atoms with Gasteiger partial charge in [-0.1, -0.05) is 42.6 Å². The summed E-state index contributed by atoms with van der Waals surface area (Å²) in [7, 11) is 0. The van der Waals surface area contributed by atoms with Crippen molar-refractivity contribution in [1.29, 1.82) is 0 Å². The second-order valence-electron chi connectivity index (χ2n) is 2.04. The van der Waals surface area contributed by atoms with E-state index in [2.05, 4.69) is 22.5 Å². The van der Waals surface area contributed by atoms with E-state index < -0.39 is 0 Å². The Morgan fingerprint density at radius 1 is 1.42 bits per heavy atom. The van der Waals surface area contributed by atoms with Gasteiger partial charge in [-0.25, -0.2) is 0 Å². The van der Waals surface area contributed by atoms with Crippen LogP contribution in [0.25, 0.3) is 5.76 Å². The first-order valence-corrected chi connectivity index (χ1v) is 3.33. The van der Waals surface area contributed by atoms with Crippen molar-refractivity contribution in [2.45, 2.75) is 0 Å². The van der Waals surface area contributed by atoms with Gasteiger partial charge < -0.3 is 4.84 Å². The Hall–Kier alpha value is -1.86. The van der Waals surface area contributed by atoms with E-state index in [1.165, 1.54) is 0 Å². The van der Waals surface area contributed by atoms with Gasteiger partial charge in [-0.15, -0.1) is 4.91 Å². The molecule has 0 aromatic heterocycles. The van der Waals surface area contributed by atoms with E-state index >= 15 is 0 Å². The highest BCUT2D eigenvalue weighted by Crippen LogP contribution is 2.13. The topological polar surface area (TPSA) is 38.7 Å². The van der Waals surface area contributed by atoms with Crippen molar-refractivity contribution in [1.82, 2.24) is 0 Å². The Morgan fingerprint density at radius 3 is 2.58 bits per heavy atom. The first-order chi connectivity index (χ1) is 5.88. The average Bonchev–Trinajstić information content (AvgIpc) is 2.15. The van der Waals surface area contributed by atoms with Crippen LogP contribution in [-0.2, 0) is 4.84 Å². The summed E-state index contributed by atoms with van der Waals surface area (Å²) in [5.41, 5.74) is 3.20. The Kier molecular flexibility index (Phi) is 2.82. The number of hydrogen-bond acceptors (Lipinski definition) is 3. The highest BCUT2D eigenvalue weighted by Gasteiger charge is 1.99. The van der Waals surface area contributed by atoms with Crippen LogP contribution >= 0.6 is 0 Å². The minimum Gasteiger partial charge on any atom is -0.315 e. The molecule has 0 aliphatic rings. The minimum absolute atomic E-state index is 0.241. The first-order valence-electron chi connectivity index (χ1n) is 3.33. The van der Waals surface area contributed by atoms with E-state index in [9.17, 15) is 4.91 Å². The number of nitrogens with zero attached hydrogens (tertiary/aromatic N) is 1. The largest absolute Gasteiger partial charge is 0.315 e. The third-order valence-corrected chi connectivity index (χ3v) is 1.33. The second kappa shape index (κ2) is 4.11. The van der Waals surface area contributed by atoms with Crippen LogP contribution in [0, 0.1) is 4.91 Å². The molecule has 0 bridgehead atoms. The zero-order chi connectivity index (χ0) is 8.81. The summed E-state index contributed by atoms with van der Waals surface area (Å²) in [5, 5.41) is 2.29. The summed E-state index contributed by atoms with van der Waals surface area (Å²) >= 11 is 0. The molecule has 0 saturated carbocycles. The average molecular weight is 161 g/mol. The zero-order valence-electron chi connectivity index (χ0n) is 6.36. The van der Waals surface area contributed by atoms with E-state index in [1.807, 2.05) is 18.2 Å². The zero-order valence-corrected chi connectivity index (χ0v) is 6.36. The summed E-state index contributed by atoms with van der Waals surface area (Å²) in [6.07, 6.45) is 0. The molecular formula is C9H7NO2. The molecule has 0 unspecified atom stereocenters. The summed E-state index contributed by atoms with van der Waals surface area (Å²) in [5.74, 6) is 0.241. The summed E-state index contributed by atoms with van der Waals surface area (Å²) in [6.45, 7) is 3.37. The van der Waals surface area contributed by atoms with Gasteiger partial charge in [0.25, 0.3) is 0 Å². The Labute approximate surface area is 69.9 Å². The molecular weight excluding hydrogens is 154 g/mol. The molecule has 1 rings (SSSR count). The molecule has 1 aromatic rings. The Morgan fingerprint density at radius 2 is 2.08 bits per heavy atom. The van der Waals surface area contributed by atoms with Crippen LogP contribution in [-0.4, -0.2) is 0 Å². The number of hydrogen-bond donors (Lipinski definition) is 0. The maximum absolute atomic E-state index is 9.79. The maximum Gasteiger partial charge on any atom is 0.210 e. The summed E-state index contributed by atoms with van der Waals surface area (Å²) < 4.78 is 0. The third kappa shape index (κ3) is 1.81. The third-order valence-electron chi connectivity index (χ3n) is 1.33. The van der Waals surface area contributed by atoms with Crippen LogP contribution in [0.3, 0.4) is 0 Å². The molecule has 0 atom stereocenters. The number of rotatable bonds is 3. The van der Waals surface area contributed by atoms with Crippen LogP contribution in [0.1, 0.15) is 5.56 Å². The van der Waals surface area contributed by atoms with Gasteiger partial charge in [-0.05, 0) is 0 Å². The Bertz CT molecular complexity index is 313. The molecule has 0 aliphatic carbocycles. The molecule has 60 valence electrons. The molecule has 0 heterocycles. The maximum atomic E-state index is 9.79. The highest BCUT2D eigenvalue weighted by atomic mass is 16.7. The molecule has 12 heavy (non-hydrogen) atoms. The SMILES string of the molecule is C=C=C(ON=O)c1ccccc1. The molecule has 0 N–H and O–H groups in total. The van der Waals surface area contributed by atoms with Gasteiger partial charge in [-0.2, -0.15) is 0 Å². The van der Waals surface area contributed by atoms with Crippen molar-refractivity contribution in [3.63, 3.8) is 0 Å². The van der Waals surface area contributed by atoms with Crippen molar-refractivity contribution in [2.75, 3.05) is 0 Å². The van der Waals surface area contributed by atoms with Gasteiger partial charge in [0.15, 0.2) is 5.34 Å². The lowest BCUT2D eigenvalue weighted by molar-refractivity contribution is 0.292. The molecule has 3 heteroatoms. The van der Waals surface area contributed by atoms with Crippen LogP contribution in [0.2, 0.25) is 0 Å². The quantitative estimate of drug-likeness (QED) is 0.295. The van der Waals surface area contributed by atoms with Gasteiger partial charge in [0.1, 0.15) is 0 Å². The molecule has 0 saturated heterocycles. The first kappa shape index (κ1) is 8.24. The van der Waals surface area contributed by atoms with Gasteiger partial charge in [-0.3, -0.25) is 0 Å². The molecule has 0 aliphatic heterocycles. The minimum atomic E-state index is 0.241. The van der Waals surface area contributed by atoms with Crippen LogP contribution in [0.4, 0.5) is 0 Å². The normalized spacial score (nSPS) is 8.33. The Balaban J connectivity index is 2.96. The monoisotopic (exact) mass is 161 g/mol. The fraction of sp³-hybridized carbons (Fsp3) is 0. The lowest BCUT2D eigenvalue weighted by Gasteiger charge is -1.97. The summed E-state index contributed by atoms with van der Waals surface area (Å²) in [6, 6.07) is 9.05. The van der Waals surface area contributed by atoms with Gasteiger partial charge in [0, 0.05) is 5.56 Å².